The topological polar surface area (TPSA) is 128 Å². The minimum absolute atomic E-state index is 0.336. The zero-order valence-electron chi connectivity index (χ0n) is 8.26. The Bertz CT molecular complexity index is 441. The average molecular weight is 267 g/mol. The third kappa shape index (κ3) is 2.11. The van der Waals surface area contributed by atoms with Crippen LogP contribution in [0.15, 0.2) is 24.4 Å². The Morgan fingerprint density at radius 3 is 1.94 bits per heavy atom. The van der Waals surface area contributed by atoms with Gasteiger partial charge < -0.3 is 19.6 Å². The Labute approximate surface area is 91.5 Å². The number of nitrogens with zero attached hydrogens (tertiary/aromatic N) is 1. The summed E-state index contributed by atoms with van der Waals surface area (Å²) in [6, 6.07) is 4.04. The van der Waals surface area contributed by atoms with Crippen LogP contribution in [-0.2, 0) is 14.0 Å². The van der Waals surface area contributed by atoms with Crippen molar-refractivity contribution in [2.75, 3.05) is 0 Å². The van der Waals surface area contributed by atoms with Crippen molar-refractivity contribution in [3.05, 3.63) is 30.1 Å². The minimum atomic E-state index is -5.06. The molecule has 9 heteroatoms. The van der Waals surface area contributed by atoms with Gasteiger partial charge in [-0.05, 0) is 19.1 Å². The van der Waals surface area contributed by atoms with Crippen LogP contribution in [-0.4, -0.2) is 24.6 Å². The minimum Gasteiger partial charge on any atom is -0.323 e. The van der Waals surface area contributed by atoms with Crippen molar-refractivity contribution < 1.29 is 28.7 Å². The van der Waals surface area contributed by atoms with Gasteiger partial charge in [-0.15, -0.1) is 0 Å². The molecule has 0 bridgehead atoms. The van der Waals surface area contributed by atoms with Gasteiger partial charge >= 0.3 is 15.2 Å². The van der Waals surface area contributed by atoms with Gasteiger partial charge in [-0.25, -0.2) is 0 Å². The lowest BCUT2D eigenvalue weighted by Crippen LogP contribution is -2.23. The third-order valence-corrected chi connectivity index (χ3v) is 6.57. The first-order valence-electron chi connectivity index (χ1n) is 4.13. The van der Waals surface area contributed by atoms with Gasteiger partial charge in [0.2, 0.25) is 4.90 Å². The van der Waals surface area contributed by atoms with E-state index in [0.717, 1.165) is 13.0 Å². The van der Waals surface area contributed by atoms with Gasteiger partial charge in [0.05, 0.1) is 5.69 Å². The Hall–Kier alpha value is -0.550. The number of aromatic nitrogens is 1. The molecular weight excluding hydrogens is 256 g/mol. The maximum Gasteiger partial charge on any atom is 0.349 e. The van der Waals surface area contributed by atoms with Gasteiger partial charge in [0, 0.05) is 6.20 Å². The highest BCUT2D eigenvalue weighted by Crippen LogP contribution is 2.73. The molecule has 0 amide bonds. The lowest BCUT2D eigenvalue weighted by Gasteiger charge is -2.29. The first-order chi connectivity index (χ1) is 7.11. The van der Waals surface area contributed by atoms with Gasteiger partial charge in [0.15, 0.2) is 0 Å². The second-order valence-electron chi connectivity index (χ2n) is 3.32. The molecule has 16 heavy (non-hydrogen) atoms. The van der Waals surface area contributed by atoms with Crippen LogP contribution in [0.25, 0.3) is 0 Å². The Kier molecular flexibility index (Phi) is 3.41. The van der Waals surface area contributed by atoms with E-state index in [0.29, 0.717) is 0 Å². The highest BCUT2D eigenvalue weighted by atomic mass is 31.2. The van der Waals surface area contributed by atoms with Crippen LogP contribution in [0.5, 0.6) is 0 Å². The Morgan fingerprint density at radius 2 is 1.62 bits per heavy atom. The highest BCUT2D eigenvalue weighted by molar-refractivity contribution is 7.71. The lowest BCUT2D eigenvalue weighted by molar-refractivity contribution is 0.312. The average Bonchev–Trinajstić information content (AvgIpc) is 2.14. The van der Waals surface area contributed by atoms with Gasteiger partial charge in [0.25, 0.3) is 0 Å². The van der Waals surface area contributed by atoms with E-state index in [1.165, 1.54) is 18.3 Å². The van der Waals surface area contributed by atoms with Crippen LogP contribution in [0.2, 0.25) is 0 Å². The summed E-state index contributed by atoms with van der Waals surface area (Å²) in [5, 5.41) is 0. The molecule has 1 aromatic rings. The smallest absolute Gasteiger partial charge is 0.323 e. The van der Waals surface area contributed by atoms with E-state index < -0.39 is 20.1 Å². The predicted octanol–water partition coefficient (Wildman–Crippen LogP) is 0.610. The van der Waals surface area contributed by atoms with Crippen molar-refractivity contribution in [1.29, 1.82) is 0 Å². The molecule has 0 aliphatic carbocycles. The van der Waals surface area contributed by atoms with E-state index in [9.17, 15) is 9.13 Å². The van der Waals surface area contributed by atoms with E-state index in [-0.39, 0.29) is 5.69 Å². The van der Waals surface area contributed by atoms with Crippen LogP contribution >= 0.6 is 15.2 Å². The zero-order valence-corrected chi connectivity index (χ0v) is 10.0. The molecule has 0 aliphatic heterocycles. The fourth-order valence-corrected chi connectivity index (χ4v) is 3.33. The van der Waals surface area contributed by atoms with E-state index in [1.54, 1.807) is 0 Å². The van der Waals surface area contributed by atoms with Crippen molar-refractivity contribution in [3.8, 4) is 0 Å². The van der Waals surface area contributed by atoms with Gasteiger partial charge in [0.1, 0.15) is 0 Å². The van der Waals surface area contributed by atoms with E-state index in [4.69, 9.17) is 19.6 Å². The molecule has 1 rings (SSSR count). The van der Waals surface area contributed by atoms with Crippen LogP contribution < -0.4 is 0 Å². The Balaban J connectivity index is 3.52. The van der Waals surface area contributed by atoms with Crippen molar-refractivity contribution in [1.82, 2.24) is 4.98 Å². The molecule has 0 fully saturated rings. The molecule has 0 atom stereocenters. The molecule has 90 valence electrons. The van der Waals surface area contributed by atoms with Gasteiger partial charge in [-0.1, -0.05) is 6.07 Å². The SMILES string of the molecule is CC(c1ccccn1)(P(=O)(O)O)P(=O)(O)O. The molecule has 0 saturated heterocycles. The standard InChI is InChI=1S/C7H11NO6P2/c1-7(15(9,10)11,16(12,13)14)6-4-2-3-5-8-6/h2-5H,1H3,(H2,9,10,11)(H2,12,13,14). The fourth-order valence-electron chi connectivity index (χ4n) is 1.11. The fraction of sp³-hybridized carbons (Fsp3) is 0.286. The second-order valence-corrected chi connectivity index (χ2v) is 7.64. The largest absolute Gasteiger partial charge is 0.349 e. The number of rotatable bonds is 3. The molecule has 1 heterocycles. The number of pyridine rings is 1. The van der Waals surface area contributed by atoms with Crippen molar-refractivity contribution in [2.24, 2.45) is 0 Å². The molecule has 7 nitrogen and oxygen atoms in total. The van der Waals surface area contributed by atoms with Crippen molar-refractivity contribution >= 4 is 15.2 Å². The Morgan fingerprint density at radius 1 is 1.12 bits per heavy atom. The molecular formula is C7H11NO6P2. The lowest BCUT2D eigenvalue weighted by atomic mass is 10.3. The predicted molar refractivity (Wildman–Crippen MR) is 55.7 cm³/mol. The maximum atomic E-state index is 11.3. The van der Waals surface area contributed by atoms with Crippen LogP contribution in [0.1, 0.15) is 12.6 Å². The number of hydrogen-bond donors (Lipinski definition) is 4. The summed E-state index contributed by atoms with van der Waals surface area (Å²) in [5.74, 6) is 0. The first kappa shape index (κ1) is 13.5. The first-order valence-corrected chi connectivity index (χ1v) is 7.36. The molecule has 1 aromatic heterocycles. The molecule has 0 saturated carbocycles. The monoisotopic (exact) mass is 267 g/mol. The quantitative estimate of drug-likeness (QED) is 0.590. The van der Waals surface area contributed by atoms with E-state index >= 15 is 0 Å². The van der Waals surface area contributed by atoms with Crippen LogP contribution in [0, 0.1) is 0 Å². The third-order valence-electron chi connectivity index (χ3n) is 2.28. The molecule has 0 radical (unpaired) electrons. The highest BCUT2D eigenvalue weighted by Gasteiger charge is 2.58. The summed E-state index contributed by atoms with van der Waals surface area (Å²) in [5.41, 5.74) is -0.336. The van der Waals surface area contributed by atoms with Gasteiger partial charge in [-0.2, -0.15) is 0 Å². The van der Waals surface area contributed by atoms with Crippen molar-refractivity contribution in [3.63, 3.8) is 0 Å². The molecule has 0 aliphatic rings. The summed E-state index contributed by atoms with van der Waals surface area (Å²) in [6.07, 6.45) is 1.21. The maximum absolute atomic E-state index is 11.3. The van der Waals surface area contributed by atoms with Crippen LogP contribution in [0.3, 0.4) is 0 Å². The van der Waals surface area contributed by atoms with E-state index in [2.05, 4.69) is 4.98 Å². The molecule has 0 unspecified atom stereocenters. The summed E-state index contributed by atoms with van der Waals surface area (Å²) in [4.78, 5) is 37.4. The molecule has 4 N–H and O–H groups in total. The summed E-state index contributed by atoms with van der Waals surface area (Å²) >= 11 is 0. The number of hydrogen-bond acceptors (Lipinski definition) is 3. The normalized spacial score (nSPS) is 13.8. The van der Waals surface area contributed by atoms with Crippen LogP contribution in [0.4, 0.5) is 0 Å². The second kappa shape index (κ2) is 4.04. The summed E-state index contributed by atoms with van der Waals surface area (Å²) < 4.78 is 22.5. The van der Waals surface area contributed by atoms with Gasteiger partial charge in [-0.3, -0.25) is 14.1 Å². The van der Waals surface area contributed by atoms with E-state index in [1.807, 2.05) is 0 Å². The summed E-state index contributed by atoms with van der Waals surface area (Å²) in [6.45, 7) is 0.802. The summed E-state index contributed by atoms with van der Waals surface area (Å²) in [7, 11) is -10.1. The zero-order chi connectivity index (χ0) is 12.6. The van der Waals surface area contributed by atoms with Crippen molar-refractivity contribution in [2.45, 2.75) is 11.8 Å². The molecule has 0 aromatic carbocycles. The molecule has 0 spiro atoms.